The van der Waals surface area contributed by atoms with Gasteiger partial charge in [-0.3, -0.25) is 4.79 Å². The van der Waals surface area contributed by atoms with Crippen LogP contribution in [-0.2, 0) is 0 Å². The van der Waals surface area contributed by atoms with Crippen LogP contribution in [0, 0.1) is 6.92 Å². The van der Waals surface area contributed by atoms with Gasteiger partial charge in [0, 0.05) is 12.1 Å². The van der Waals surface area contributed by atoms with Gasteiger partial charge >= 0.3 is 0 Å². The number of hydrogen-bond acceptors (Lipinski definition) is 2. The standard InChI is InChI=1S/C17H17Cl2NO2/c1-12-3-6-14(7-4-12)22-10-9-20(2)17(21)15-8-5-13(18)11-16(15)19/h3-8,11H,9-10H2,1-2H3. The predicted octanol–water partition coefficient (Wildman–Crippen LogP) is 4.45. The molecule has 0 aromatic heterocycles. The lowest BCUT2D eigenvalue weighted by Crippen LogP contribution is -2.31. The normalized spacial score (nSPS) is 10.4. The van der Waals surface area contributed by atoms with E-state index in [1.807, 2.05) is 31.2 Å². The molecule has 0 heterocycles. The van der Waals surface area contributed by atoms with Crippen molar-refractivity contribution in [1.82, 2.24) is 4.90 Å². The topological polar surface area (TPSA) is 29.5 Å². The lowest BCUT2D eigenvalue weighted by Gasteiger charge is -2.18. The molecule has 0 radical (unpaired) electrons. The van der Waals surface area contributed by atoms with E-state index in [0.29, 0.717) is 28.8 Å². The van der Waals surface area contributed by atoms with E-state index in [4.69, 9.17) is 27.9 Å². The van der Waals surface area contributed by atoms with Gasteiger partial charge in [-0.05, 0) is 37.3 Å². The summed E-state index contributed by atoms with van der Waals surface area (Å²) in [5.74, 6) is 0.630. The third-order valence-electron chi connectivity index (χ3n) is 3.22. The molecule has 5 heteroatoms. The summed E-state index contributed by atoms with van der Waals surface area (Å²) in [7, 11) is 1.71. The fraction of sp³-hybridized carbons (Fsp3) is 0.235. The number of rotatable bonds is 5. The fourth-order valence-electron chi connectivity index (χ4n) is 1.91. The number of nitrogens with zero attached hydrogens (tertiary/aromatic N) is 1. The van der Waals surface area contributed by atoms with Gasteiger partial charge in [-0.25, -0.2) is 0 Å². The molecule has 0 atom stereocenters. The van der Waals surface area contributed by atoms with Crippen LogP contribution in [0.4, 0.5) is 0 Å². The highest BCUT2D eigenvalue weighted by Crippen LogP contribution is 2.22. The molecule has 0 saturated carbocycles. The molecule has 0 unspecified atom stereocenters. The number of likely N-dealkylation sites (N-methyl/N-ethyl adjacent to an activating group) is 1. The number of carbonyl (C=O) groups is 1. The summed E-state index contributed by atoms with van der Waals surface area (Å²) in [6.45, 7) is 2.90. The van der Waals surface area contributed by atoms with E-state index < -0.39 is 0 Å². The Hall–Kier alpha value is -1.71. The molecule has 0 aliphatic heterocycles. The summed E-state index contributed by atoms with van der Waals surface area (Å²) in [5.41, 5.74) is 1.61. The van der Waals surface area contributed by atoms with Gasteiger partial charge < -0.3 is 9.64 Å². The van der Waals surface area contributed by atoms with Gasteiger partial charge in [0.15, 0.2) is 0 Å². The first kappa shape index (κ1) is 16.7. The molecule has 0 fully saturated rings. The van der Waals surface area contributed by atoms with Crippen LogP contribution in [0.3, 0.4) is 0 Å². The zero-order valence-corrected chi connectivity index (χ0v) is 14.0. The smallest absolute Gasteiger partial charge is 0.255 e. The van der Waals surface area contributed by atoms with Gasteiger partial charge in [-0.2, -0.15) is 0 Å². The molecule has 0 saturated heterocycles. The van der Waals surface area contributed by atoms with Crippen molar-refractivity contribution in [3.05, 3.63) is 63.6 Å². The fourth-order valence-corrected chi connectivity index (χ4v) is 2.39. The predicted molar refractivity (Wildman–Crippen MR) is 90.1 cm³/mol. The summed E-state index contributed by atoms with van der Waals surface area (Å²) in [4.78, 5) is 13.9. The molecule has 0 bridgehead atoms. The van der Waals surface area contributed by atoms with Gasteiger partial charge in [0.05, 0.1) is 17.1 Å². The van der Waals surface area contributed by atoms with E-state index in [9.17, 15) is 4.79 Å². The third kappa shape index (κ3) is 4.39. The lowest BCUT2D eigenvalue weighted by atomic mass is 10.2. The molecule has 116 valence electrons. The Balaban J connectivity index is 1.90. The summed E-state index contributed by atoms with van der Waals surface area (Å²) in [6.07, 6.45) is 0. The summed E-state index contributed by atoms with van der Waals surface area (Å²) in [5, 5.41) is 0.857. The van der Waals surface area contributed by atoms with Crippen molar-refractivity contribution in [3.63, 3.8) is 0 Å². The number of carbonyl (C=O) groups excluding carboxylic acids is 1. The molecule has 0 spiro atoms. The van der Waals surface area contributed by atoms with Gasteiger partial charge in [0.1, 0.15) is 12.4 Å². The molecule has 2 aromatic carbocycles. The molecular weight excluding hydrogens is 321 g/mol. The minimum Gasteiger partial charge on any atom is -0.492 e. The molecule has 2 aromatic rings. The average Bonchev–Trinajstić information content (AvgIpc) is 2.48. The number of amides is 1. The van der Waals surface area contributed by atoms with Gasteiger partial charge in [0.25, 0.3) is 5.91 Å². The second-order valence-electron chi connectivity index (χ2n) is 5.01. The second kappa shape index (κ2) is 7.52. The van der Waals surface area contributed by atoms with Gasteiger partial charge in [0.2, 0.25) is 0 Å². The van der Waals surface area contributed by atoms with Crippen LogP contribution in [0.25, 0.3) is 0 Å². The van der Waals surface area contributed by atoms with Crippen molar-refractivity contribution in [2.45, 2.75) is 6.92 Å². The van der Waals surface area contributed by atoms with Crippen LogP contribution in [0.1, 0.15) is 15.9 Å². The lowest BCUT2D eigenvalue weighted by molar-refractivity contribution is 0.0774. The molecule has 3 nitrogen and oxygen atoms in total. The Kier molecular flexibility index (Phi) is 5.69. The van der Waals surface area contributed by atoms with Crippen molar-refractivity contribution in [2.24, 2.45) is 0 Å². The number of aryl methyl sites for hydroxylation is 1. The molecule has 1 amide bonds. The quantitative estimate of drug-likeness (QED) is 0.806. The average molecular weight is 338 g/mol. The van der Waals surface area contributed by atoms with Crippen LogP contribution >= 0.6 is 23.2 Å². The van der Waals surface area contributed by atoms with E-state index >= 15 is 0 Å². The second-order valence-corrected chi connectivity index (χ2v) is 5.86. The third-order valence-corrected chi connectivity index (χ3v) is 3.77. The van der Waals surface area contributed by atoms with Crippen LogP contribution in [0.15, 0.2) is 42.5 Å². The van der Waals surface area contributed by atoms with Crippen LogP contribution < -0.4 is 4.74 Å². The Morgan fingerprint density at radius 1 is 1.14 bits per heavy atom. The zero-order valence-electron chi connectivity index (χ0n) is 12.5. The highest BCUT2D eigenvalue weighted by molar-refractivity contribution is 6.36. The first-order valence-corrected chi connectivity index (χ1v) is 7.63. The molecule has 22 heavy (non-hydrogen) atoms. The Labute approximate surface area is 140 Å². The molecular formula is C17H17Cl2NO2. The zero-order chi connectivity index (χ0) is 16.1. The van der Waals surface area contributed by atoms with Crippen molar-refractivity contribution >= 4 is 29.1 Å². The maximum Gasteiger partial charge on any atom is 0.255 e. The van der Waals surface area contributed by atoms with Crippen LogP contribution in [-0.4, -0.2) is 31.0 Å². The van der Waals surface area contributed by atoms with Gasteiger partial charge in [-0.15, -0.1) is 0 Å². The number of halogens is 2. The Morgan fingerprint density at radius 3 is 2.45 bits per heavy atom. The molecule has 0 aliphatic carbocycles. The van der Waals surface area contributed by atoms with Crippen molar-refractivity contribution in [3.8, 4) is 5.75 Å². The maximum atomic E-state index is 12.3. The molecule has 0 aliphatic rings. The van der Waals surface area contributed by atoms with Crippen LogP contribution in [0.2, 0.25) is 10.0 Å². The number of ether oxygens (including phenoxy) is 1. The van der Waals surface area contributed by atoms with Crippen molar-refractivity contribution in [1.29, 1.82) is 0 Å². The van der Waals surface area contributed by atoms with Crippen molar-refractivity contribution in [2.75, 3.05) is 20.2 Å². The van der Waals surface area contributed by atoms with Crippen LogP contribution in [0.5, 0.6) is 5.75 Å². The minimum absolute atomic E-state index is 0.158. The molecule has 2 rings (SSSR count). The first-order valence-electron chi connectivity index (χ1n) is 6.87. The van der Waals surface area contributed by atoms with E-state index in [1.54, 1.807) is 30.1 Å². The van der Waals surface area contributed by atoms with E-state index in [-0.39, 0.29) is 5.91 Å². The van der Waals surface area contributed by atoms with E-state index in [0.717, 1.165) is 5.75 Å². The minimum atomic E-state index is -0.158. The largest absolute Gasteiger partial charge is 0.492 e. The highest BCUT2D eigenvalue weighted by atomic mass is 35.5. The monoisotopic (exact) mass is 337 g/mol. The van der Waals surface area contributed by atoms with E-state index in [2.05, 4.69) is 0 Å². The summed E-state index contributed by atoms with van der Waals surface area (Å²) < 4.78 is 5.62. The highest BCUT2D eigenvalue weighted by Gasteiger charge is 2.15. The number of hydrogen-bond donors (Lipinski definition) is 0. The SMILES string of the molecule is Cc1ccc(OCCN(C)C(=O)c2ccc(Cl)cc2Cl)cc1. The van der Waals surface area contributed by atoms with Gasteiger partial charge in [-0.1, -0.05) is 40.9 Å². The molecule has 0 N–H and O–H groups in total. The summed E-state index contributed by atoms with van der Waals surface area (Å²) >= 11 is 11.9. The Bertz CT molecular complexity index is 656. The summed E-state index contributed by atoms with van der Waals surface area (Å²) in [6, 6.07) is 12.6. The van der Waals surface area contributed by atoms with E-state index in [1.165, 1.54) is 5.56 Å². The van der Waals surface area contributed by atoms with Crippen molar-refractivity contribution < 1.29 is 9.53 Å². The first-order chi connectivity index (χ1) is 10.5. The maximum absolute atomic E-state index is 12.3. The number of benzene rings is 2. The Morgan fingerprint density at radius 2 is 1.82 bits per heavy atom.